The third-order valence-corrected chi connectivity index (χ3v) is 4.07. The number of imidazole rings is 1. The highest BCUT2D eigenvalue weighted by atomic mass is 32.2. The molecule has 0 aliphatic carbocycles. The van der Waals surface area contributed by atoms with Crippen LogP contribution in [-0.4, -0.2) is 27.5 Å². The molecule has 0 aliphatic rings. The number of hydrogen-bond acceptors (Lipinski definition) is 6. The number of benzene rings is 1. The number of aromatic nitrogens is 4. The monoisotopic (exact) mass is 351 g/mol. The molecule has 0 atom stereocenters. The minimum absolute atomic E-state index is 0.0132. The molecule has 3 aromatic rings. The van der Waals surface area contributed by atoms with Gasteiger partial charge < -0.3 is 10.8 Å². The number of hydrogen-bond donors (Lipinski definition) is 2. The molecule has 1 aromatic carbocycles. The Bertz CT molecular complexity index is 981. The van der Waals surface area contributed by atoms with Crippen molar-refractivity contribution in [2.24, 2.45) is 14.1 Å². The maximum atomic E-state index is 11.4. The fourth-order valence-electron chi connectivity index (χ4n) is 2.08. The normalized spacial score (nSPS) is 11.2. The fourth-order valence-corrected chi connectivity index (χ4v) is 2.56. The zero-order valence-electron chi connectivity index (χ0n) is 13.3. The van der Waals surface area contributed by atoms with Gasteiger partial charge in [0.05, 0.1) is 19.0 Å². The summed E-state index contributed by atoms with van der Waals surface area (Å²) >= 11 is 0. The van der Waals surface area contributed by atoms with Gasteiger partial charge in [-0.1, -0.05) is 22.7 Å². The van der Waals surface area contributed by atoms with E-state index in [1.54, 1.807) is 41.7 Å². The first-order valence-corrected chi connectivity index (χ1v) is 8.23. The summed E-state index contributed by atoms with van der Waals surface area (Å²) in [5.41, 5.74) is 7.34. The number of nitrogens with two attached hydrogens (primary N) is 1. The Balaban J connectivity index is 0.000000177. The summed E-state index contributed by atoms with van der Waals surface area (Å²) in [5, 5.41) is 11.4. The smallest absolute Gasteiger partial charge is 0.306 e. The van der Waals surface area contributed by atoms with Gasteiger partial charge in [0, 0.05) is 5.88 Å². The first-order valence-electron chi connectivity index (χ1n) is 6.79. The molecule has 3 rings (SSSR count). The third kappa shape index (κ3) is 3.78. The average Bonchev–Trinajstić information content (AvgIpc) is 2.74. The van der Waals surface area contributed by atoms with Crippen molar-refractivity contribution in [2.75, 3.05) is 5.73 Å². The van der Waals surface area contributed by atoms with Crippen LogP contribution in [0.1, 0.15) is 5.56 Å². The maximum absolute atomic E-state index is 11.4. The summed E-state index contributed by atoms with van der Waals surface area (Å²) < 4.78 is 33.0. The van der Waals surface area contributed by atoms with E-state index in [9.17, 15) is 13.5 Å². The second kappa shape index (κ2) is 6.42. The van der Waals surface area contributed by atoms with Gasteiger partial charge in [0.2, 0.25) is 0 Å². The van der Waals surface area contributed by atoms with Crippen molar-refractivity contribution in [3.63, 3.8) is 0 Å². The fraction of sp³-hybridized carbons (Fsp3) is 0.214. The van der Waals surface area contributed by atoms with Crippen molar-refractivity contribution in [2.45, 2.75) is 11.8 Å². The van der Waals surface area contributed by atoms with Gasteiger partial charge in [0.1, 0.15) is 0 Å². The molecule has 2 heterocycles. The molecule has 24 heavy (non-hydrogen) atoms. The molecule has 0 radical (unpaired) electrons. The summed E-state index contributed by atoms with van der Waals surface area (Å²) in [6.07, 6.45) is 1.75. The Morgan fingerprint density at radius 3 is 2.38 bits per heavy atom. The molecule has 0 spiro atoms. The number of fused-ring (bicyclic) bond motifs is 1. The summed E-state index contributed by atoms with van der Waals surface area (Å²) in [6, 6.07) is 5.99. The minimum atomic E-state index is -4.02. The molecule has 0 saturated heterocycles. The van der Waals surface area contributed by atoms with Crippen LogP contribution in [0.25, 0.3) is 11.2 Å². The van der Waals surface area contributed by atoms with Crippen molar-refractivity contribution >= 4 is 27.2 Å². The van der Waals surface area contributed by atoms with Gasteiger partial charge in [-0.15, -0.1) is 0 Å². The van der Waals surface area contributed by atoms with E-state index in [0.717, 1.165) is 5.56 Å². The van der Waals surface area contributed by atoms with Gasteiger partial charge in [-0.05, 0) is 19.1 Å². The van der Waals surface area contributed by atoms with E-state index in [1.165, 1.54) is 12.1 Å². The molecular weight excluding hydrogens is 334 g/mol. The predicted octanol–water partition coefficient (Wildman–Crippen LogP) is -0.310. The lowest BCUT2D eigenvalue weighted by atomic mass is 10.2. The second-order valence-electron chi connectivity index (χ2n) is 5.18. The van der Waals surface area contributed by atoms with E-state index in [1.807, 2.05) is 6.92 Å². The van der Waals surface area contributed by atoms with Crippen LogP contribution < -0.4 is 15.4 Å². The summed E-state index contributed by atoms with van der Waals surface area (Å²) in [5.74, 6) is -0.329. The molecule has 128 valence electrons. The Morgan fingerprint density at radius 2 is 1.83 bits per heavy atom. The van der Waals surface area contributed by atoms with Crippen molar-refractivity contribution in [3.05, 3.63) is 36.2 Å². The molecule has 0 bridgehead atoms. The lowest BCUT2D eigenvalue weighted by molar-refractivity contribution is -0.647. The van der Waals surface area contributed by atoms with Crippen molar-refractivity contribution < 1.29 is 22.6 Å². The van der Waals surface area contributed by atoms with E-state index in [4.69, 9.17) is 10.3 Å². The number of rotatable bonds is 1. The van der Waals surface area contributed by atoms with E-state index in [0.29, 0.717) is 11.2 Å². The molecule has 3 N–H and O–H groups in total. The molecular formula is C14H17N5O4S. The Labute approximate surface area is 138 Å². The predicted molar refractivity (Wildman–Crippen MR) is 84.5 cm³/mol. The molecule has 0 amide bonds. The van der Waals surface area contributed by atoms with Crippen LogP contribution in [0.2, 0.25) is 0 Å². The summed E-state index contributed by atoms with van der Waals surface area (Å²) in [6.45, 7) is 1.84. The first kappa shape index (κ1) is 17.6. The van der Waals surface area contributed by atoms with Crippen LogP contribution in [0.5, 0.6) is 5.88 Å². The van der Waals surface area contributed by atoms with Crippen molar-refractivity contribution in [3.8, 4) is 5.88 Å². The highest BCUT2D eigenvalue weighted by molar-refractivity contribution is 7.85. The topological polar surface area (TPSA) is 138 Å². The van der Waals surface area contributed by atoms with Crippen LogP contribution >= 0.6 is 0 Å². The Kier molecular flexibility index (Phi) is 4.71. The minimum Gasteiger partial charge on any atom is -0.856 e. The maximum Gasteiger partial charge on any atom is 0.306 e. The largest absolute Gasteiger partial charge is 0.856 e. The lowest BCUT2D eigenvalue weighted by Gasteiger charge is -2.02. The number of nitrogen functional groups attached to an aromatic ring is 1. The number of anilines is 1. The van der Waals surface area contributed by atoms with Gasteiger partial charge in [-0.2, -0.15) is 8.42 Å². The van der Waals surface area contributed by atoms with Crippen molar-refractivity contribution in [1.29, 1.82) is 0 Å². The van der Waals surface area contributed by atoms with Gasteiger partial charge in [0.15, 0.2) is 11.8 Å². The van der Waals surface area contributed by atoms with E-state index in [-0.39, 0.29) is 16.7 Å². The van der Waals surface area contributed by atoms with Crippen molar-refractivity contribution in [1.82, 2.24) is 14.5 Å². The van der Waals surface area contributed by atoms with E-state index in [2.05, 4.69) is 9.97 Å². The SMILES string of the molecule is Cc1ccc(S(=O)(=O)O)cc1.Cn1c[n+](C)c2nc(N)nc([O-])c21. The third-order valence-electron chi connectivity index (χ3n) is 3.20. The number of aryl methyl sites for hydroxylation is 3. The molecule has 0 aliphatic heterocycles. The zero-order chi connectivity index (χ0) is 18.1. The molecule has 10 heteroatoms. The quantitative estimate of drug-likeness (QED) is 0.453. The molecule has 2 aromatic heterocycles. The Hall–Kier alpha value is -2.72. The highest BCUT2D eigenvalue weighted by Crippen LogP contribution is 2.15. The van der Waals surface area contributed by atoms with Crippen LogP contribution in [0.15, 0.2) is 35.5 Å². The van der Waals surface area contributed by atoms with Crippen LogP contribution in [-0.2, 0) is 24.2 Å². The van der Waals surface area contributed by atoms with Crippen LogP contribution in [0.4, 0.5) is 5.95 Å². The highest BCUT2D eigenvalue weighted by Gasteiger charge is 2.14. The van der Waals surface area contributed by atoms with Crippen LogP contribution in [0, 0.1) is 6.92 Å². The number of nitrogens with zero attached hydrogens (tertiary/aromatic N) is 4. The van der Waals surface area contributed by atoms with Crippen LogP contribution in [0.3, 0.4) is 0 Å². The molecule has 0 saturated carbocycles. The first-order chi connectivity index (χ1) is 11.1. The summed E-state index contributed by atoms with van der Waals surface area (Å²) in [4.78, 5) is 7.45. The summed E-state index contributed by atoms with van der Waals surface area (Å²) in [7, 11) is -0.453. The zero-order valence-corrected chi connectivity index (χ0v) is 14.1. The van der Waals surface area contributed by atoms with Gasteiger partial charge in [0.25, 0.3) is 16.1 Å². The average molecular weight is 351 g/mol. The van der Waals surface area contributed by atoms with Gasteiger partial charge in [-0.25, -0.2) is 9.55 Å². The second-order valence-corrected chi connectivity index (χ2v) is 6.61. The standard InChI is InChI=1S/C7H9N5O.C7H8O3S/c1-11-3-12(2)5-4(11)6(13)10-7(8)9-5;1-6-2-4-7(5-3-6)11(8,9)10/h3H,1-2H3,(H2-,8,9,10,13);2-5H,1H3,(H,8,9,10). The van der Waals surface area contributed by atoms with Gasteiger partial charge in [-0.3, -0.25) is 9.12 Å². The van der Waals surface area contributed by atoms with Gasteiger partial charge >= 0.3 is 5.65 Å². The molecule has 0 fully saturated rings. The molecule has 9 nitrogen and oxygen atoms in total. The van der Waals surface area contributed by atoms with E-state index < -0.39 is 10.1 Å². The lowest BCUT2D eigenvalue weighted by Crippen LogP contribution is -2.26. The Morgan fingerprint density at radius 1 is 1.25 bits per heavy atom. The van der Waals surface area contributed by atoms with E-state index >= 15 is 0 Å². The molecule has 0 unspecified atom stereocenters.